The molecule has 2 heterocycles. The first-order valence-electron chi connectivity index (χ1n) is 5.80. The number of pyridine rings is 2. The second-order valence-corrected chi connectivity index (χ2v) is 3.83. The van der Waals surface area contributed by atoms with E-state index in [-0.39, 0.29) is 17.9 Å². The van der Waals surface area contributed by atoms with Crippen LogP contribution in [0.3, 0.4) is 0 Å². The maximum atomic E-state index is 11.7. The van der Waals surface area contributed by atoms with Crippen LogP contribution in [0.5, 0.6) is 0 Å². The monoisotopic (exact) mass is 272 g/mol. The molecule has 20 heavy (non-hydrogen) atoms. The molecule has 2 rings (SSSR count). The number of carbonyl (C=O) groups is 2. The molecule has 2 amide bonds. The van der Waals surface area contributed by atoms with Crippen LogP contribution in [0, 0.1) is 0 Å². The summed E-state index contributed by atoms with van der Waals surface area (Å²) in [6, 6.07) is 7.85. The van der Waals surface area contributed by atoms with Gasteiger partial charge in [0.15, 0.2) is 5.69 Å². The van der Waals surface area contributed by atoms with Crippen molar-refractivity contribution in [2.45, 2.75) is 6.54 Å². The summed E-state index contributed by atoms with van der Waals surface area (Å²) in [6.45, 7) is 0.245. The van der Waals surface area contributed by atoms with Gasteiger partial charge in [0.25, 0.3) is 0 Å². The molecular formula is C13H12N4O3. The molecule has 0 aliphatic rings. The topological polar surface area (TPSA) is 104 Å². The zero-order valence-corrected chi connectivity index (χ0v) is 10.4. The number of urea groups is 1. The van der Waals surface area contributed by atoms with Gasteiger partial charge >= 0.3 is 12.0 Å². The van der Waals surface area contributed by atoms with E-state index in [0.717, 1.165) is 0 Å². The van der Waals surface area contributed by atoms with Gasteiger partial charge in [-0.1, -0.05) is 6.07 Å². The highest BCUT2D eigenvalue weighted by molar-refractivity contribution is 5.98. The Morgan fingerprint density at radius 3 is 2.60 bits per heavy atom. The van der Waals surface area contributed by atoms with Crippen LogP contribution >= 0.6 is 0 Å². The Morgan fingerprint density at radius 1 is 1.10 bits per heavy atom. The molecule has 102 valence electrons. The quantitative estimate of drug-likeness (QED) is 0.782. The molecule has 0 aliphatic carbocycles. The van der Waals surface area contributed by atoms with Crippen LogP contribution in [-0.2, 0) is 6.54 Å². The van der Waals surface area contributed by atoms with Gasteiger partial charge in [-0.05, 0) is 24.3 Å². The number of hydrogen-bond donors (Lipinski definition) is 3. The molecule has 0 spiro atoms. The van der Waals surface area contributed by atoms with E-state index in [4.69, 9.17) is 5.11 Å². The van der Waals surface area contributed by atoms with Gasteiger partial charge in [-0.15, -0.1) is 0 Å². The molecule has 7 heteroatoms. The number of aromatic nitrogens is 2. The highest BCUT2D eigenvalue weighted by atomic mass is 16.4. The average Bonchev–Trinajstić information content (AvgIpc) is 2.46. The van der Waals surface area contributed by atoms with Gasteiger partial charge < -0.3 is 15.7 Å². The predicted octanol–water partition coefficient (Wildman–Crippen LogP) is 1.50. The lowest BCUT2D eigenvalue weighted by Crippen LogP contribution is -2.29. The normalized spacial score (nSPS) is 9.80. The third-order valence-electron chi connectivity index (χ3n) is 2.41. The first-order valence-corrected chi connectivity index (χ1v) is 5.80. The minimum absolute atomic E-state index is 0.138. The fourth-order valence-corrected chi connectivity index (χ4v) is 1.52. The number of carbonyl (C=O) groups excluding carboxylic acids is 1. The van der Waals surface area contributed by atoms with Crippen molar-refractivity contribution < 1.29 is 14.7 Å². The molecule has 0 saturated carbocycles. The van der Waals surface area contributed by atoms with Crippen LogP contribution in [0.25, 0.3) is 0 Å². The van der Waals surface area contributed by atoms with Crippen molar-refractivity contribution in [2.75, 3.05) is 5.32 Å². The molecule has 0 radical (unpaired) electrons. The molecule has 2 aromatic rings. The third kappa shape index (κ3) is 3.52. The van der Waals surface area contributed by atoms with E-state index in [1.807, 2.05) is 6.07 Å². The minimum Gasteiger partial charge on any atom is -0.476 e. The fourth-order valence-electron chi connectivity index (χ4n) is 1.52. The second-order valence-electron chi connectivity index (χ2n) is 3.83. The van der Waals surface area contributed by atoms with E-state index in [2.05, 4.69) is 20.6 Å². The molecule has 7 nitrogen and oxygen atoms in total. The summed E-state index contributed by atoms with van der Waals surface area (Å²) in [6.07, 6.45) is 2.97. The lowest BCUT2D eigenvalue weighted by molar-refractivity contribution is 0.0692. The number of amides is 2. The lowest BCUT2D eigenvalue weighted by atomic mass is 10.3. The van der Waals surface area contributed by atoms with Crippen molar-refractivity contribution >= 4 is 17.7 Å². The maximum absolute atomic E-state index is 11.7. The molecule has 0 aromatic carbocycles. The third-order valence-corrected chi connectivity index (χ3v) is 2.41. The van der Waals surface area contributed by atoms with E-state index in [1.54, 1.807) is 24.4 Å². The summed E-state index contributed by atoms with van der Waals surface area (Å²) in [4.78, 5) is 30.4. The van der Waals surface area contributed by atoms with E-state index in [1.165, 1.54) is 12.3 Å². The van der Waals surface area contributed by atoms with Crippen LogP contribution in [0.4, 0.5) is 10.5 Å². The van der Waals surface area contributed by atoms with E-state index < -0.39 is 12.0 Å². The first kappa shape index (κ1) is 13.5. The summed E-state index contributed by atoms with van der Waals surface area (Å²) in [5, 5.41) is 14.0. The van der Waals surface area contributed by atoms with Crippen LogP contribution in [0.2, 0.25) is 0 Å². The number of carboxylic acids is 1. The summed E-state index contributed by atoms with van der Waals surface area (Å²) in [5.74, 6) is -1.20. The van der Waals surface area contributed by atoms with Gasteiger partial charge in [0.1, 0.15) is 0 Å². The number of carboxylic acid groups (broad SMARTS) is 1. The molecule has 0 aliphatic heterocycles. The van der Waals surface area contributed by atoms with Gasteiger partial charge in [-0.25, -0.2) is 14.6 Å². The van der Waals surface area contributed by atoms with E-state index in [9.17, 15) is 9.59 Å². The summed E-state index contributed by atoms with van der Waals surface area (Å²) in [5.41, 5.74) is 0.631. The van der Waals surface area contributed by atoms with Crippen molar-refractivity contribution in [3.8, 4) is 0 Å². The Labute approximate surface area is 114 Å². The van der Waals surface area contributed by atoms with Crippen molar-refractivity contribution in [1.29, 1.82) is 0 Å². The van der Waals surface area contributed by atoms with Gasteiger partial charge in [0.2, 0.25) is 0 Å². The van der Waals surface area contributed by atoms with Crippen molar-refractivity contribution in [3.63, 3.8) is 0 Å². The second kappa shape index (κ2) is 6.28. The van der Waals surface area contributed by atoms with Crippen molar-refractivity contribution in [3.05, 3.63) is 54.1 Å². The van der Waals surface area contributed by atoms with Crippen LogP contribution in [0.1, 0.15) is 16.2 Å². The molecule has 0 unspecified atom stereocenters. The molecular weight excluding hydrogens is 260 g/mol. The number of aromatic carboxylic acids is 1. The fraction of sp³-hybridized carbons (Fsp3) is 0.0769. The zero-order valence-electron chi connectivity index (χ0n) is 10.4. The minimum atomic E-state index is -1.20. The lowest BCUT2D eigenvalue weighted by Gasteiger charge is -2.08. The summed E-state index contributed by atoms with van der Waals surface area (Å²) in [7, 11) is 0. The van der Waals surface area contributed by atoms with E-state index in [0.29, 0.717) is 5.69 Å². The predicted molar refractivity (Wildman–Crippen MR) is 71.3 cm³/mol. The average molecular weight is 272 g/mol. The molecule has 0 saturated heterocycles. The highest BCUT2D eigenvalue weighted by Gasteiger charge is 2.12. The van der Waals surface area contributed by atoms with Gasteiger partial charge in [0, 0.05) is 12.4 Å². The number of hydrogen-bond acceptors (Lipinski definition) is 4. The zero-order chi connectivity index (χ0) is 14.4. The molecule has 3 N–H and O–H groups in total. The van der Waals surface area contributed by atoms with Crippen LogP contribution in [0.15, 0.2) is 42.7 Å². The number of nitrogens with one attached hydrogen (secondary N) is 2. The van der Waals surface area contributed by atoms with Crippen LogP contribution < -0.4 is 10.6 Å². The number of anilines is 1. The van der Waals surface area contributed by atoms with Gasteiger partial charge in [-0.2, -0.15) is 0 Å². The SMILES string of the molecule is O=C(NCc1ccccn1)Nc1cccnc1C(=O)O. The van der Waals surface area contributed by atoms with E-state index >= 15 is 0 Å². The molecule has 0 fully saturated rings. The summed E-state index contributed by atoms with van der Waals surface area (Å²) < 4.78 is 0. The number of rotatable bonds is 4. The smallest absolute Gasteiger partial charge is 0.356 e. The van der Waals surface area contributed by atoms with Gasteiger partial charge in [-0.3, -0.25) is 4.98 Å². The summed E-state index contributed by atoms with van der Waals surface area (Å²) >= 11 is 0. The standard InChI is InChI=1S/C13H12N4O3/c18-12(19)11-10(5-3-7-15-11)17-13(20)16-8-9-4-1-2-6-14-9/h1-7H,8H2,(H,18,19)(H2,16,17,20). The van der Waals surface area contributed by atoms with Crippen LogP contribution in [-0.4, -0.2) is 27.1 Å². The maximum Gasteiger partial charge on any atom is 0.356 e. The Kier molecular flexibility index (Phi) is 4.23. The Bertz CT molecular complexity index is 616. The molecule has 2 aromatic heterocycles. The largest absolute Gasteiger partial charge is 0.476 e. The number of nitrogens with zero attached hydrogens (tertiary/aromatic N) is 2. The van der Waals surface area contributed by atoms with Crippen molar-refractivity contribution in [1.82, 2.24) is 15.3 Å². The first-order chi connectivity index (χ1) is 9.66. The molecule has 0 atom stereocenters. The highest BCUT2D eigenvalue weighted by Crippen LogP contribution is 2.11. The Balaban J connectivity index is 1.97. The molecule has 0 bridgehead atoms. The van der Waals surface area contributed by atoms with Crippen molar-refractivity contribution in [2.24, 2.45) is 0 Å². The Morgan fingerprint density at radius 2 is 1.90 bits per heavy atom. The Hall–Kier alpha value is -2.96. The van der Waals surface area contributed by atoms with Gasteiger partial charge in [0.05, 0.1) is 17.9 Å².